The largest absolute Gasteiger partial charge is 0.472 e. The van der Waals surface area contributed by atoms with Crippen molar-refractivity contribution >= 4 is 0 Å². The van der Waals surface area contributed by atoms with Crippen LogP contribution in [0.1, 0.15) is 5.56 Å². The highest BCUT2D eigenvalue weighted by Crippen LogP contribution is 2.19. The van der Waals surface area contributed by atoms with Gasteiger partial charge in [0.25, 0.3) is 0 Å². The molecule has 0 spiro atoms. The average molecular weight is 385 g/mol. The molecule has 0 amide bonds. The van der Waals surface area contributed by atoms with Gasteiger partial charge in [0, 0.05) is 25.5 Å². The zero-order valence-corrected chi connectivity index (χ0v) is 14.5. The zero-order chi connectivity index (χ0) is 19.7. The van der Waals surface area contributed by atoms with Gasteiger partial charge >= 0.3 is 5.69 Å². The van der Waals surface area contributed by atoms with Crippen LogP contribution in [0.2, 0.25) is 0 Å². The summed E-state index contributed by atoms with van der Waals surface area (Å²) in [6, 6.07) is 8.44. The topological polar surface area (TPSA) is 92.7 Å². The van der Waals surface area contributed by atoms with Crippen LogP contribution in [0.4, 0.5) is 8.78 Å². The Morgan fingerprint density at radius 1 is 1.07 bits per heavy atom. The molecule has 11 heteroatoms. The molecule has 0 saturated carbocycles. The second kappa shape index (κ2) is 7.02. The number of aromatic nitrogens is 7. The third-order valence-electron chi connectivity index (χ3n) is 3.93. The van der Waals surface area contributed by atoms with E-state index in [-0.39, 0.29) is 29.6 Å². The number of hydrogen-bond acceptors (Lipinski definition) is 6. The first-order chi connectivity index (χ1) is 13.5. The smallest absolute Gasteiger partial charge is 0.368 e. The zero-order valence-electron chi connectivity index (χ0n) is 14.5. The molecule has 9 nitrogen and oxygen atoms in total. The Labute approximate surface area is 156 Å². The van der Waals surface area contributed by atoms with E-state index in [9.17, 15) is 13.6 Å². The summed E-state index contributed by atoms with van der Waals surface area (Å²) in [6.45, 7) is -0.229. The SMILES string of the molecule is Cn1nnn(-c2cccc(F)c2COc2ccn(-c3ncccc3F)n2)c1=O. The average Bonchev–Trinajstić information content (AvgIpc) is 3.28. The summed E-state index contributed by atoms with van der Waals surface area (Å²) < 4.78 is 36.9. The number of halogens is 2. The molecule has 0 aliphatic heterocycles. The van der Waals surface area contributed by atoms with Crippen molar-refractivity contribution in [3.8, 4) is 17.4 Å². The molecule has 0 atom stereocenters. The Kier molecular flexibility index (Phi) is 4.39. The molecule has 0 saturated heterocycles. The monoisotopic (exact) mass is 385 g/mol. The van der Waals surface area contributed by atoms with E-state index in [0.29, 0.717) is 0 Å². The van der Waals surface area contributed by atoms with Crippen molar-refractivity contribution in [3.63, 3.8) is 0 Å². The minimum absolute atomic E-state index is 0.00930. The van der Waals surface area contributed by atoms with Crippen molar-refractivity contribution in [2.45, 2.75) is 6.61 Å². The van der Waals surface area contributed by atoms with Gasteiger partial charge in [0.15, 0.2) is 11.6 Å². The van der Waals surface area contributed by atoms with Gasteiger partial charge in [0.2, 0.25) is 5.88 Å². The van der Waals surface area contributed by atoms with E-state index in [4.69, 9.17) is 4.74 Å². The molecular formula is C17H13F2N7O2. The lowest BCUT2D eigenvalue weighted by atomic mass is 10.2. The summed E-state index contributed by atoms with van der Waals surface area (Å²) in [5, 5.41) is 11.4. The van der Waals surface area contributed by atoms with Gasteiger partial charge in [-0.3, -0.25) is 0 Å². The molecule has 0 N–H and O–H groups in total. The van der Waals surface area contributed by atoms with Crippen LogP contribution < -0.4 is 10.4 Å². The van der Waals surface area contributed by atoms with Crippen LogP contribution in [0.3, 0.4) is 0 Å². The molecular weight excluding hydrogens is 372 g/mol. The van der Waals surface area contributed by atoms with E-state index < -0.39 is 17.3 Å². The van der Waals surface area contributed by atoms with Crippen molar-refractivity contribution in [2.24, 2.45) is 7.05 Å². The van der Waals surface area contributed by atoms with Gasteiger partial charge in [0.1, 0.15) is 12.4 Å². The molecule has 3 heterocycles. The lowest BCUT2D eigenvalue weighted by Crippen LogP contribution is -2.23. The highest BCUT2D eigenvalue weighted by Gasteiger charge is 2.16. The Morgan fingerprint density at radius 2 is 1.89 bits per heavy atom. The van der Waals surface area contributed by atoms with E-state index in [1.54, 1.807) is 0 Å². The normalized spacial score (nSPS) is 11.0. The van der Waals surface area contributed by atoms with Crippen LogP contribution in [0, 0.1) is 11.6 Å². The summed E-state index contributed by atoms with van der Waals surface area (Å²) >= 11 is 0. The van der Waals surface area contributed by atoms with Crippen molar-refractivity contribution in [1.29, 1.82) is 0 Å². The number of ether oxygens (including phenoxy) is 1. The van der Waals surface area contributed by atoms with E-state index in [1.165, 1.54) is 60.5 Å². The maximum atomic E-state index is 14.4. The summed E-state index contributed by atoms with van der Waals surface area (Å²) in [4.78, 5) is 16.0. The number of aryl methyl sites for hydroxylation is 1. The Bertz CT molecular complexity index is 1200. The second-order valence-corrected chi connectivity index (χ2v) is 5.73. The molecule has 0 radical (unpaired) electrons. The minimum atomic E-state index is -0.578. The fourth-order valence-electron chi connectivity index (χ4n) is 2.55. The van der Waals surface area contributed by atoms with Crippen LogP contribution in [-0.2, 0) is 13.7 Å². The Balaban J connectivity index is 1.61. The molecule has 0 fully saturated rings. The third-order valence-corrected chi connectivity index (χ3v) is 3.93. The number of benzene rings is 1. The maximum Gasteiger partial charge on any atom is 0.368 e. The summed E-state index contributed by atoms with van der Waals surface area (Å²) in [5.74, 6) is -0.985. The first kappa shape index (κ1) is 17.5. The Hall–Kier alpha value is -3.89. The quantitative estimate of drug-likeness (QED) is 0.516. The highest BCUT2D eigenvalue weighted by atomic mass is 19.1. The fraction of sp³-hybridized carbons (Fsp3) is 0.118. The van der Waals surface area contributed by atoms with Gasteiger partial charge in [0.05, 0.1) is 11.3 Å². The number of pyridine rings is 1. The first-order valence-corrected chi connectivity index (χ1v) is 8.11. The van der Waals surface area contributed by atoms with Crippen molar-refractivity contribution in [3.05, 3.63) is 76.5 Å². The Morgan fingerprint density at radius 3 is 2.64 bits per heavy atom. The molecule has 0 aliphatic carbocycles. The minimum Gasteiger partial charge on any atom is -0.472 e. The van der Waals surface area contributed by atoms with Crippen molar-refractivity contribution in [2.75, 3.05) is 0 Å². The molecule has 3 aromatic heterocycles. The van der Waals surface area contributed by atoms with Crippen LogP contribution in [-0.4, -0.2) is 34.6 Å². The molecule has 4 rings (SSSR count). The predicted octanol–water partition coefficient (Wildman–Crippen LogP) is 1.40. The molecule has 0 unspecified atom stereocenters. The van der Waals surface area contributed by atoms with E-state index in [0.717, 1.165) is 9.36 Å². The molecule has 0 bridgehead atoms. The van der Waals surface area contributed by atoms with Gasteiger partial charge in [-0.2, -0.15) is 9.36 Å². The molecule has 0 aliphatic rings. The molecule has 142 valence electrons. The van der Waals surface area contributed by atoms with Crippen LogP contribution >= 0.6 is 0 Å². The van der Waals surface area contributed by atoms with Gasteiger partial charge in [-0.05, 0) is 34.7 Å². The molecule has 28 heavy (non-hydrogen) atoms. The fourth-order valence-corrected chi connectivity index (χ4v) is 2.55. The molecule has 1 aromatic carbocycles. The van der Waals surface area contributed by atoms with E-state index >= 15 is 0 Å². The van der Waals surface area contributed by atoms with E-state index in [1.807, 2.05) is 0 Å². The first-order valence-electron chi connectivity index (χ1n) is 8.11. The summed E-state index contributed by atoms with van der Waals surface area (Å²) in [6.07, 6.45) is 2.90. The number of tetrazole rings is 1. The number of hydrogen-bond donors (Lipinski definition) is 0. The summed E-state index contributed by atoms with van der Waals surface area (Å²) in [5.41, 5.74) is -0.223. The standard InChI is InChI=1S/C17H13F2N7O2/c1-24-17(27)26(23-22-24)14-6-2-4-12(18)11(14)10-28-15-7-9-25(21-15)16-13(19)5-3-8-20-16/h2-9H,10H2,1H3. The maximum absolute atomic E-state index is 14.4. The van der Waals surface area contributed by atoms with Crippen molar-refractivity contribution < 1.29 is 13.5 Å². The predicted molar refractivity (Wildman–Crippen MR) is 92.2 cm³/mol. The van der Waals surface area contributed by atoms with E-state index in [2.05, 4.69) is 20.5 Å². The van der Waals surface area contributed by atoms with Gasteiger partial charge in [-0.25, -0.2) is 23.2 Å². The lowest BCUT2D eigenvalue weighted by molar-refractivity contribution is 0.285. The van der Waals surface area contributed by atoms with Gasteiger partial charge in [-0.1, -0.05) is 6.07 Å². The second-order valence-electron chi connectivity index (χ2n) is 5.73. The van der Waals surface area contributed by atoms with Crippen LogP contribution in [0.5, 0.6) is 5.88 Å². The highest BCUT2D eigenvalue weighted by molar-refractivity contribution is 5.40. The van der Waals surface area contributed by atoms with Crippen LogP contribution in [0.15, 0.2) is 53.6 Å². The summed E-state index contributed by atoms with van der Waals surface area (Å²) in [7, 11) is 1.44. The molecule has 4 aromatic rings. The van der Waals surface area contributed by atoms with Gasteiger partial charge in [-0.15, -0.1) is 5.10 Å². The van der Waals surface area contributed by atoms with Gasteiger partial charge < -0.3 is 4.74 Å². The lowest BCUT2D eigenvalue weighted by Gasteiger charge is -2.09. The third kappa shape index (κ3) is 3.13. The number of rotatable bonds is 5. The van der Waals surface area contributed by atoms with Crippen molar-refractivity contribution in [1.82, 2.24) is 34.6 Å². The number of nitrogens with zero attached hydrogens (tertiary/aromatic N) is 7. The van der Waals surface area contributed by atoms with Crippen LogP contribution in [0.25, 0.3) is 11.5 Å².